The molecule has 0 aromatic rings. The van der Waals surface area contributed by atoms with Crippen LogP contribution in [0.5, 0.6) is 0 Å². The van der Waals surface area contributed by atoms with Crippen LogP contribution in [-0.4, -0.2) is 36.7 Å². The van der Waals surface area contributed by atoms with E-state index in [-0.39, 0.29) is 5.97 Å². The molecule has 0 bridgehead atoms. The molecule has 0 aromatic heterocycles. The highest BCUT2D eigenvalue weighted by Gasteiger charge is 2.24. The van der Waals surface area contributed by atoms with E-state index in [1.165, 1.54) is 12.8 Å². The van der Waals surface area contributed by atoms with Gasteiger partial charge in [-0.1, -0.05) is 0 Å². The Morgan fingerprint density at radius 3 is 3.00 bits per heavy atom. The summed E-state index contributed by atoms with van der Waals surface area (Å²) in [6.45, 7) is 1.67. The van der Waals surface area contributed by atoms with E-state index in [4.69, 9.17) is 4.74 Å². The van der Waals surface area contributed by atoms with Crippen LogP contribution in [0.3, 0.4) is 0 Å². The van der Waals surface area contributed by atoms with Gasteiger partial charge >= 0.3 is 5.97 Å². The molecule has 0 spiro atoms. The van der Waals surface area contributed by atoms with Gasteiger partial charge in [0.1, 0.15) is 0 Å². The summed E-state index contributed by atoms with van der Waals surface area (Å²) in [7, 11) is 0. The summed E-state index contributed by atoms with van der Waals surface area (Å²) in [6, 6.07) is 0.334. The number of nitrogens with one attached hydrogen (secondary N) is 1. The second-order valence-electron chi connectivity index (χ2n) is 4.06. The zero-order chi connectivity index (χ0) is 9.80. The zero-order valence-electron chi connectivity index (χ0n) is 8.33. The number of ether oxygens (including phenoxy) is 1. The summed E-state index contributed by atoms with van der Waals surface area (Å²) in [5.74, 6) is 2.84. The molecule has 1 heterocycles. The molecule has 2 rings (SSSR count). The van der Waals surface area contributed by atoms with Gasteiger partial charge in [0.25, 0.3) is 0 Å². The molecule has 80 valence electrons. The van der Waals surface area contributed by atoms with E-state index in [9.17, 15) is 4.79 Å². The van der Waals surface area contributed by atoms with Crippen molar-refractivity contribution >= 4 is 17.7 Å². The van der Waals surface area contributed by atoms with Crippen molar-refractivity contribution in [3.8, 4) is 0 Å². The van der Waals surface area contributed by atoms with Crippen molar-refractivity contribution in [2.45, 2.75) is 25.3 Å². The molecule has 1 atom stereocenters. The Balaban J connectivity index is 1.59. The number of carbonyl (C=O) groups excluding carboxylic acids is 1. The van der Waals surface area contributed by atoms with Crippen molar-refractivity contribution in [1.29, 1.82) is 0 Å². The summed E-state index contributed by atoms with van der Waals surface area (Å²) in [4.78, 5) is 11.4. The van der Waals surface area contributed by atoms with Crippen LogP contribution >= 0.6 is 11.8 Å². The smallest absolute Gasteiger partial charge is 0.307 e. The first-order chi connectivity index (χ1) is 6.84. The molecular formula is C10H17NO2S. The third kappa shape index (κ3) is 3.50. The lowest BCUT2D eigenvalue weighted by Crippen LogP contribution is -2.39. The summed E-state index contributed by atoms with van der Waals surface area (Å²) in [6.07, 6.45) is 3.02. The van der Waals surface area contributed by atoms with Gasteiger partial charge < -0.3 is 10.1 Å². The number of thioether (sulfide) groups is 1. The topological polar surface area (TPSA) is 38.3 Å². The number of carbonyl (C=O) groups is 1. The molecule has 14 heavy (non-hydrogen) atoms. The highest BCUT2D eigenvalue weighted by molar-refractivity contribution is 7.99. The third-order valence-electron chi connectivity index (χ3n) is 2.59. The first-order valence-electron chi connectivity index (χ1n) is 5.31. The molecule has 1 N–H and O–H groups in total. The van der Waals surface area contributed by atoms with Crippen molar-refractivity contribution < 1.29 is 9.53 Å². The molecule has 1 aliphatic heterocycles. The van der Waals surface area contributed by atoms with Gasteiger partial charge in [-0.15, -0.1) is 0 Å². The molecule has 3 nitrogen and oxygen atoms in total. The van der Waals surface area contributed by atoms with Gasteiger partial charge in [-0.3, -0.25) is 4.79 Å². The standard InChI is InChI=1S/C10H17NO2S/c12-10(13-6-8-1-2-8)5-9-7-14-4-3-11-9/h8-9,11H,1-7H2. The minimum Gasteiger partial charge on any atom is -0.465 e. The summed E-state index contributed by atoms with van der Waals surface area (Å²) in [5, 5.41) is 3.33. The van der Waals surface area contributed by atoms with Crippen LogP contribution in [0.25, 0.3) is 0 Å². The highest BCUT2D eigenvalue weighted by atomic mass is 32.2. The van der Waals surface area contributed by atoms with Crippen molar-refractivity contribution in [1.82, 2.24) is 5.32 Å². The van der Waals surface area contributed by atoms with Gasteiger partial charge in [-0.05, 0) is 18.8 Å². The highest BCUT2D eigenvalue weighted by Crippen LogP contribution is 2.28. The van der Waals surface area contributed by atoms with Crippen LogP contribution in [0.1, 0.15) is 19.3 Å². The zero-order valence-corrected chi connectivity index (χ0v) is 9.15. The fraction of sp³-hybridized carbons (Fsp3) is 0.900. The van der Waals surface area contributed by atoms with Crippen LogP contribution < -0.4 is 5.32 Å². The van der Waals surface area contributed by atoms with Crippen LogP contribution in [-0.2, 0) is 9.53 Å². The molecular weight excluding hydrogens is 198 g/mol. The Morgan fingerprint density at radius 2 is 2.36 bits per heavy atom. The van der Waals surface area contributed by atoms with Crippen molar-refractivity contribution in [2.75, 3.05) is 24.7 Å². The minimum atomic E-state index is -0.0306. The Bertz CT molecular complexity index is 200. The first kappa shape index (κ1) is 10.3. The molecule has 1 saturated heterocycles. The minimum absolute atomic E-state index is 0.0306. The molecule has 1 aliphatic carbocycles. The Labute approximate surface area is 89.0 Å². The summed E-state index contributed by atoms with van der Waals surface area (Å²) in [5.41, 5.74) is 0. The molecule has 0 radical (unpaired) electrons. The van der Waals surface area contributed by atoms with Gasteiger partial charge in [0, 0.05) is 24.1 Å². The average Bonchev–Trinajstić information content (AvgIpc) is 3.00. The average molecular weight is 215 g/mol. The molecule has 0 amide bonds. The van der Waals surface area contributed by atoms with Crippen LogP contribution in [0.4, 0.5) is 0 Å². The summed E-state index contributed by atoms with van der Waals surface area (Å²) >= 11 is 1.91. The van der Waals surface area contributed by atoms with Crippen LogP contribution in [0, 0.1) is 5.92 Å². The van der Waals surface area contributed by atoms with E-state index in [1.54, 1.807) is 0 Å². The predicted octanol–water partition coefficient (Wildman–Crippen LogP) is 1.03. The lowest BCUT2D eigenvalue weighted by atomic mass is 10.2. The second kappa shape index (κ2) is 5.03. The first-order valence-corrected chi connectivity index (χ1v) is 6.47. The Morgan fingerprint density at radius 1 is 1.50 bits per heavy atom. The number of hydrogen-bond acceptors (Lipinski definition) is 4. The molecule has 4 heteroatoms. The van der Waals surface area contributed by atoms with Gasteiger partial charge in [-0.25, -0.2) is 0 Å². The van der Waals surface area contributed by atoms with E-state index in [0.717, 1.165) is 18.1 Å². The number of rotatable bonds is 4. The monoisotopic (exact) mass is 215 g/mol. The maximum atomic E-state index is 11.4. The van der Waals surface area contributed by atoms with Crippen molar-refractivity contribution in [3.05, 3.63) is 0 Å². The van der Waals surface area contributed by atoms with Crippen LogP contribution in [0.15, 0.2) is 0 Å². The lowest BCUT2D eigenvalue weighted by Gasteiger charge is -2.22. The Kier molecular flexibility index (Phi) is 3.70. The molecule has 2 aliphatic rings. The van der Waals surface area contributed by atoms with E-state index >= 15 is 0 Å². The normalized spacial score (nSPS) is 27.3. The maximum Gasteiger partial charge on any atom is 0.307 e. The predicted molar refractivity (Wildman–Crippen MR) is 57.4 cm³/mol. The Hall–Kier alpha value is -0.220. The van der Waals surface area contributed by atoms with Crippen LogP contribution in [0.2, 0.25) is 0 Å². The van der Waals surface area contributed by atoms with E-state index in [1.807, 2.05) is 11.8 Å². The third-order valence-corrected chi connectivity index (χ3v) is 3.72. The van der Waals surface area contributed by atoms with Gasteiger partial charge in [0.05, 0.1) is 13.0 Å². The lowest BCUT2D eigenvalue weighted by molar-refractivity contribution is -0.144. The quantitative estimate of drug-likeness (QED) is 0.711. The molecule has 0 aromatic carbocycles. The number of esters is 1. The molecule has 1 unspecified atom stereocenters. The van der Waals surface area contributed by atoms with E-state index in [2.05, 4.69) is 5.32 Å². The maximum absolute atomic E-state index is 11.4. The summed E-state index contributed by atoms with van der Waals surface area (Å²) < 4.78 is 5.18. The molecule has 2 fully saturated rings. The number of hydrogen-bond donors (Lipinski definition) is 1. The van der Waals surface area contributed by atoms with Gasteiger partial charge in [-0.2, -0.15) is 11.8 Å². The van der Waals surface area contributed by atoms with E-state index in [0.29, 0.717) is 25.0 Å². The molecule has 1 saturated carbocycles. The SMILES string of the molecule is O=C(CC1CSCCN1)OCC1CC1. The van der Waals surface area contributed by atoms with Crippen molar-refractivity contribution in [2.24, 2.45) is 5.92 Å². The second-order valence-corrected chi connectivity index (χ2v) is 5.21. The largest absolute Gasteiger partial charge is 0.465 e. The fourth-order valence-electron chi connectivity index (χ4n) is 1.51. The van der Waals surface area contributed by atoms with Gasteiger partial charge in [0.15, 0.2) is 0 Å². The van der Waals surface area contributed by atoms with Gasteiger partial charge in [0.2, 0.25) is 0 Å². The van der Waals surface area contributed by atoms with E-state index < -0.39 is 0 Å². The fourth-order valence-corrected chi connectivity index (χ4v) is 2.46. The van der Waals surface area contributed by atoms with Crippen molar-refractivity contribution in [3.63, 3.8) is 0 Å².